The number of hydrogen-bond donors (Lipinski definition) is 2. The molecule has 2 aromatic rings. The number of carbonyl (C=O) groups excluding carboxylic acids is 4. The normalized spacial score (nSPS) is 20.1. The van der Waals surface area contributed by atoms with Crippen LogP contribution in [0.3, 0.4) is 0 Å². The first kappa shape index (κ1) is 60.2. The zero-order valence-corrected chi connectivity index (χ0v) is 46.0. The molecule has 2 N–H and O–H groups in total. The Kier molecular flexibility index (Phi) is 19.9. The molecular weight excluding hydrogens is 897 g/mol. The first-order chi connectivity index (χ1) is 31.8. The van der Waals surface area contributed by atoms with Gasteiger partial charge in [0.25, 0.3) is 0 Å². The third kappa shape index (κ3) is 17.3. The van der Waals surface area contributed by atoms with Gasteiger partial charge < -0.3 is 57.5 Å². The van der Waals surface area contributed by atoms with E-state index >= 15 is 0 Å². The van der Waals surface area contributed by atoms with E-state index in [2.05, 4.69) is 10.6 Å². The molecule has 16 nitrogen and oxygen atoms in total. The van der Waals surface area contributed by atoms with E-state index in [1.54, 1.807) is 55.4 Å². The highest BCUT2D eigenvalue weighted by molar-refractivity contribution is 7.11. The van der Waals surface area contributed by atoms with Crippen LogP contribution in [0.5, 0.6) is 0 Å². The maximum atomic E-state index is 12.3. The third-order valence-electron chi connectivity index (χ3n) is 12.8. The molecule has 5 rings (SSSR count). The molecule has 3 fully saturated rings. The predicted molar refractivity (Wildman–Crippen MR) is 272 cm³/mol. The van der Waals surface area contributed by atoms with Crippen LogP contribution in [0.4, 0.5) is 9.59 Å². The van der Waals surface area contributed by atoms with Crippen molar-refractivity contribution in [2.75, 3.05) is 13.2 Å². The van der Waals surface area contributed by atoms with Crippen molar-refractivity contribution in [3.8, 4) is 0 Å². The van der Waals surface area contributed by atoms with Gasteiger partial charge >= 0.3 is 45.3 Å². The van der Waals surface area contributed by atoms with Crippen LogP contribution in [0.1, 0.15) is 155 Å². The molecule has 70 heavy (non-hydrogen) atoms. The molecule has 2 atom stereocenters. The molecule has 0 aromatic heterocycles. The lowest BCUT2D eigenvalue weighted by atomic mass is 9.49. The molecule has 0 aliphatic carbocycles. The van der Waals surface area contributed by atoms with Gasteiger partial charge in [0.1, 0.15) is 23.3 Å². The fraction of sp³-hybridized carbons (Fsp3) is 0.686. The number of esters is 2. The second-order valence-corrected chi connectivity index (χ2v) is 22.9. The Bertz CT molecular complexity index is 1980. The summed E-state index contributed by atoms with van der Waals surface area (Å²) >= 11 is 0. The summed E-state index contributed by atoms with van der Waals surface area (Å²) in [6.45, 7) is 40.8. The Balaban J connectivity index is 0.000000288. The maximum Gasteiger partial charge on any atom is 0.494 e. The summed E-state index contributed by atoms with van der Waals surface area (Å²) in [6.07, 6.45) is -0.646. The van der Waals surface area contributed by atoms with E-state index in [1.807, 2.05) is 139 Å². The SMILES string of the molecule is CC1(C)OB(B2OC(C)(C)C(C)(C)O2)OC1(C)C.CCOC(=O)[C@H](Cc1ccc(B2OC(C)(C)C(C)(C)O2)cc1)NC(=O)OC(C)(C)C.CCOC(=O)[C@H](Cc1ccc(C)cc1)NC(=O)OC(C)(C)C. The van der Waals surface area contributed by atoms with Crippen LogP contribution in [-0.4, -0.2) is 115 Å². The van der Waals surface area contributed by atoms with Crippen molar-refractivity contribution >= 4 is 50.7 Å². The number of nitrogens with one attached hydrogen (secondary N) is 2. The van der Waals surface area contributed by atoms with E-state index in [0.29, 0.717) is 6.42 Å². The van der Waals surface area contributed by atoms with E-state index in [1.165, 1.54) is 0 Å². The standard InChI is InChI=1S/C22H34BNO6.C17H25NO4.C12H24B2O4/c1-9-27-18(25)17(24-19(26)28-20(2,3)4)14-15-10-12-16(13-11-15)23-29-21(5,6)22(7,8)30-23;1-6-21-15(19)14(18-16(20)22-17(3,4)5)11-13-9-7-12(2)8-10-13;1-9(2)10(3,4)16-13(15-9)14-17-11(5,6)12(7,8)18-14/h10-13,17H,9,14H2,1-8H3,(H,24,26);7-10,14H,6,11H2,1-5H3,(H,18,20);1-8H3/t17-;14-;/m00./s1. The van der Waals surface area contributed by atoms with Crippen molar-refractivity contribution in [3.05, 3.63) is 65.2 Å². The molecule has 2 amide bonds. The lowest BCUT2D eigenvalue weighted by Crippen LogP contribution is -2.45. The lowest BCUT2D eigenvalue weighted by Gasteiger charge is -2.32. The van der Waals surface area contributed by atoms with Gasteiger partial charge in [0, 0.05) is 12.8 Å². The Hall–Kier alpha value is -4.13. The minimum Gasteiger partial charge on any atom is -0.464 e. The number of benzene rings is 2. The van der Waals surface area contributed by atoms with E-state index in [9.17, 15) is 19.2 Å². The zero-order chi connectivity index (χ0) is 53.5. The van der Waals surface area contributed by atoms with Gasteiger partial charge in [-0.3, -0.25) is 0 Å². The van der Waals surface area contributed by atoms with Crippen LogP contribution in [0, 0.1) is 6.92 Å². The number of aryl methyl sites for hydroxylation is 1. The predicted octanol–water partition coefficient (Wildman–Crippen LogP) is 8.23. The topological polar surface area (TPSA) is 185 Å². The van der Waals surface area contributed by atoms with Crippen molar-refractivity contribution in [1.82, 2.24) is 10.6 Å². The molecule has 3 aliphatic rings. The molecule has 0 unspecified atom stereocenters. The van der Waals surface area contributed by atoms with Crippen LogP contribution in [0.15, 0.2) is 48.5 Å². The van der Waals surface area contributed by atoms with Gasteiger partial charge in [-0.25, -0.2) is 19.2 Å². The van der Waals surface area contributed by atoms with Crippen LogP contribution < -0.4 is 16.1 Å². The monoisotopic (exact) mass is 981 g/mol. The van der Waals surface area contributed by atoms with E-state index in [0.717, 1.165) is 22.2 Å². The molecule has 3 saturated heterocycles. The third-order valence-corrected chi connectivity index (χ3v) is 12.8. The van der Waals surface area contributed by atoms with Gasteiger partial charge in [-0.05, 0) is 162 Å². The molecule has 0 radical (unpaired) electrons. The zero-order valence-electron chi connectivity index (χ0n) is 46.0. The van der Waals surface area contributed by atoms with Crippen LogP contribution in [0.25, 0.3) is 0 Å². The Morgan fingerprint density at radius 2 is 0.786 bits per heavy atom. The number of ether oxygens (including phenoxy) is 4. The number of alkyl carbamates (subject to hydrolysis) is 2. The van der Waals surface area contributed by atoms with Crippen molar-refractivity contribution in [1.29, 1.82) is 0 Å². The Labute approximate surface area is 419 Å². The molecular formula is C51H83B3N2O14. The highest BCUT2D eigenvalue weighted by atomic mass is 16.7. The summed E-state index contributed by atoms with van der Waals surface area (Å²) in [6, 6.07) is 13.8. The smallest absolute Gasteiger partial charge is 0.464 e. The van der Waals surface area contributed by atoms with Crippen LogP contribution in [0.2, 0.25) is 0 Å². The number of carbonyl (C=O) groups is 4. The summed E-state index contributed by atoms with van der Waals surface area (Å²) in [5.41, 5.74) is 0.294. The minimum atomic E-state index is -0.845. The summed E-state index contributed by atoms with van der Waals surface area (Å²) < 4.78 is 56.6. The summed E-state index contributed by atoms with van der Waals surface area (Å²) in [5.74, 6) is -0.965. The van der Waals surface area contributed by atoms with Crippen LogP contribution >= 0.6 is 0 Å². The fourth-order valence-corrected chi connectivity index (χ4v) is 6.76. The quantitative estimate of drug-likeness (QED) is 0.118. The summed E-state index contributed by atoms with van der Waals surface area (Å²) in [5, 5.41) is 5.20. The van der Waals surface area contributed by atoms with Gasteiger partial charge in [0.15, 0.2) is 0 Å². The lowest BCUT2D eigenvalue weighted by molar-refractivity contribution is -0.146. The highest BCUT2D eigenvalue weighted by Gasteiger charge is 2.63. The van der Waals surface area contributed by atoms with Crippen LogP contribution in [-0.2, 0) is 69.3 Å². The van der Waals surface area contributed by atoms with Crippen molar-refractivity contribution in [2.45, 2.75) is 215 Å². The molecule has 3 aliphatic heterocycles. The molecule has 0 bridgehead atoms. The second kappa shape index (κ2) is 23.2. The van der Waals surface area contributed by atoms with E-state index < -0.39 is 79.7 Å². The molecule has 390 valence electrons. The van der Waals surface area contributed by atoms with Gasteiger partial charge in [0.2, 0.25) is 0 Å². The second-order valence-electron chi connectivity index (χ2n) is 22.9. The molecule has 3 heterocycles. The van der Waals surface area contributed by atoms with Gasteiger partial charge in [-0.15, -0.1) is 0 Å². The van der Waals surface area contributed by atoms with Gasteiger partial charge in [-0.1, -0.05) is 54.1 Å². The Morgan fingerprint density at radius 1 is 0.500 bits per heavy atom. The number of rotatable bonds is 12. The molecule has 2 aromatic carbocycles. The number of amides is 2. The van der Waals surface area contributed by atoms with Gasteiger partial charge in [-0.2, -0.15) is 0 Å². The average molecular weight is 981 g/mol. The highest BCUT2D eigenvalue weighted by Crippen LogP contribution is 2.43. The molecule has 0 spiro atoms. The first-order valence-corrected chi connectivity index (χ1v) is 24.4. The molecule has 19 heteroatoms. The molecule has 0 saturated carbocycles. The van der Waals surface area contributed by atoms with Crippen molar-refractivity contribution in [2.24, 2.45) is 0 Å². The van der Waals surface area contributed by atoms with Crippen molar-refractivity contribution < 1.29 is 66.1 Å². The largest absolute Gasteiger partial charge is 0.494 e. The van der Waals surface area contributed by atoms with E-state index in [-0.39, 0.29) is 42.0 Å². The van der Waals surface area contributed by atoms with Gasteiger partial charge in [0.05, 0.1) is 46.8 Å². The number of hydrogen-bond acceptors (Lipinski definition) is 14. The summed E-state index contributed by atoms with van der Waals surface area (Å²) in [7, 11) is -1.41. The Morgan fingerprint density at radius 3 is 1.07 bits per heavy atom. The fourth-order valence-electron chi connectivity index (χ4n) is 6.76. The first-order valence-electron chi connectivity index (χ1n) is 24.4. The average Bonchev–Trinajstić information content (AvgIpc) is 3.67. The van der Waals surface area contributed by atoms with E-state index in [4.69, 9.17) is 46.9 Å². The summed E-state index contributed by atoms with van der Waals surface area (Å²) in [4.78, 5) is 48.4. The maximum absolute atomic E-state index is 12.3. The van der Waals surface area contributed by atoms with Crippen molar-refractivity contribution in [3.63, 3.8) is 0 Å². The minimum absolute atomic E-state index is 0.228.